The topological polar surface area (TPSA) is 0 Å². The summed E-state index contributed by atoms with van der Waals surface area (Å²) in [4.78, 5) is 0. The van der Waals surface area contributed by atoms with Crippen LogP contribution in [-0.2, 0) is 0 Å². The van der Waals surface area contributed by atoms with E-state index in [1.54, 1.807) is 6.92 Å². The number of rotatable bonds is 0. The highest BCUT2D eigenvalue weighted by molar-refractivity contribution is 5.28. The van der Waals surface area contributed by atoms with Crippen LogP contribution in [0, 0.1) is 10.8 Å². The molecule has 0 nitrogen and oxygen atoms in total. The van der Waals surface area contributed by atoms with E-state index in [1.165, 1.54) is 6.92 Å². The maximum Gasteiger partial charge on any atom is 0.286 e. The quantitative estimate of drug-likeness (QED) is 0.559. The van der Waals surface area contributed by atoms with Crippen LogP contribution in [0.4, 0.5) is 13.2 Å². The van der Waals surface area contributed by atoms with E-state index in [-0.39, 0.29) is 6.42 Å². The molecule has 0 aromatic rings. The van der Waals surface area contributed by atoms with Gasteiger partial charge in [-0.05, 0) is 25.2 Å². The standard InChI is InChI=1S/C9H13F3.C2H6/c1-6-4-7(6,2)9(11,12)8(3,10)5-6;1-2/h4-5H2,1-3H3;1-2H3. The Hall–Kier alpha value is -0.210. The van der Waals surface area contributed by atoms with Crippen molar-refractivity contribution in [2.24, 2.45) is 10.8 Å². The SMILES string of the molecule is CC.CC1(F)CC2(C)CC2(C)C1(F)F. The van der Waals surface area contributed by atoms with Gasteiger partial charge in [-0.1, -0.05) is 27.7 Å². The van der Waals surface area contributed by atoms with Gasteiger partial charge in [-0.3, -0.25) is 0 Å². The summed E-state index contributed by atoms with van der Waals surface area (Å²) in [5, 5.41) is 0. The van der Waals surface area contributed by atoms with E-state index in [1.807, 2.05) is 13.8 Å². The predicted octanol–water partition coefficient (Wildman–Crippen LogP) is 4.20. The van der Waals surface area contributed by atoms with Crippen molar-refractivity contribution in [2.75, 3.05) is 0 Å². The predicted molar refractivity (Wildman–Crippen MR) is 51.3 cm³/mol. The monoisotopic (exact) mass is 208 g/mol. The van der Waals surface area contributed by atoms with Crippen molar-refractivity contribution in [1.82, 2.24) is 0 Å². The van der Waals surface area contributed by atoms with Gasteiger partial charge in [0.05, 0.1) is 0 Å². The zero-order valence-electron chi connectivity index (χ0n) is 9.55. The summed E-state index contributed by atoms with van der Waals surface area (Å²) in [7, 11) is 0. The molecule has 2 rings (SSSR count). The molecule has 2 saturated carbocycles. The molecule has 0 aromatic heterocycles. The number of fused-ring (bicyclic) bond motifs is 1. The van der Waals surface area contributed by atoms with Crippen LogP contribution < -0.4 is 0 Å². The van der Waals surface area contributed by atoms with E-state index in [0.29, 0.717) is 6.42 Å². The van der Waals surface area contributed by atoms with Crippen LogP contribution in [0.25, 0.3) is 0 Å². The lowest BCUT2D eigenvalue weighted by atomic mass is 9.92. The van der Waals surface area contributed by atoms with Gasteiger partial charge in [0, 0.05) is 5.41 Å². The molecule has 0 amide bonds. The van der Waals surface area contributed by atoms with Gasteiger partial charge < -0.3 is 0 Å². The Balaban J connectivity index is 0.000000461. The molecule has 0 spiro atoms. The Morgan fingerprint density at radius 3 is 1.43 bits per heavy atom. The molecule has 2 aliphatic rings. The minimum atomic E-state index is -3.14. The van der Waals surface area contributed by atoms with E-state index in [0.717, 1.165) is 6.92 Å². The molecule has 2 fully saturated rings. The molecule has 3 heteroatoms. The minimum Gasteiger partial charge on any atom is -0.238 e. The first-order chi connectivity index (χ1) is 6.16. The number of halogens is 3. The molecule has 0 aliphatic heterocycles. The molecule has 3 atom stereocenters. The highest BCUT2D eigenvalue weighted by Crippen LogP contribution is 2.81. The fourth-order valence-electron chi connectivity index (χ4n) is 2.90. The van der Waals surface area contributed by atoms with E-state index in [2.05, 4.69) is 0 Å². The zero-order chi connectivity index (χ0) is 11.4. The van der Waals surface area contributed by atoms with Crippen molar-refractivity contribution in [1.29, 1.82) is 0 Å². The third-order valence-electron chi connectivity index (χ3n) is 4.02. The van der Waals surface area contributed by atoms with Crippen molar-refractivity contribution in [3.8, 4) is 0 Å². The van der Waals surface area contributed by atoms with Crippen LogP contribution in [0.2, 0.25) is 0 Å². The normalized spacial score (nSPS) is 53.1. The van der Waals surface area contributed by atoms with Crippen LogP contribution in [-0.4, -0.2) is 11.6 Å². The van der Waals surface area contributed by atoms with Gasteiger partial charge in [-0.2, -0.15) is 0 Å². The summed E-state index contributed by atoms with van der Waals surface area (Å²) in [6.45, 7) is 8.28. The number of hydrogen-bond donors (Lipinski definition) is 0. The Morgan fingerprint density at radius 2 is 1.29 bits per heavy atom. The summed E-state index contributed by atoms with van der Waals surface area (Å²) < 4.78 is 40.2. The second kappa shape index (κ2) is 2.67. The van der Waals surface area contributed by atoms with Gasteiger partial charge in [0.25, 0.3) is 5.92 Å². The molecular weight excluding hydrogens is 189 g/mol. The summed E-state index contributed by atoms with van der Waals surface area (Å²) in [6.07, 6.45) is 0.468. The van der Waals surface area contributed by atoms with Crippen molar-refractivity contribution in [3.05, 3.63) is 0 Å². The van der Waals surface area contributed by atoms with Gasteiger partial charge in [0.2, 0.25) is 0 Å². The molecule has 0 radical (unpaired) electrons. The molecule has 14 heavy (non-hydrogen) atoms. The summed E-state index contributed by atoms with van der Waals surface area (Å²) >= 11 is 0. The lowest BCUT2D eigenvalue weighted by molar-refractivity contribution is -0.151. The Morgan fingerprint density at radius 1 is 0.857 bits per heavy atom. The number of alkyl halides is 3. The second-order valence-corrected chi connectivity index (χ2v) is 5.02. The third kappa shape index (κ3) is 1.01. The zero-order valence-corrected chi connectivity index (χ0v) is 9.55. The molecule has 0 bridgehead atoms. The van der Waals surface area contributed by atoms with Crippen molar-refractivity contribution < 1.29 is 13.2 Å². The average molecular weight is 208 g/mol. The van der Waals surface area contributed by atoms with Crippen molar-refractivity contribution >= 4 is 0 Å². The first kappa shape index (κ1) is 11.9. The van der Waals surface area contributed by atoms with Gasteiger partial charge in [-0.15, -0.1) is 0 Å². The third-order valence-corrected chi connectivity index (χ3v) is 4.02. The Labute approximate surface area is 83.9 Å². The Kier molecular flexibility index (Phi) is 2.26. The minimum absolute atomic E-state index is 0.00347. The summed E-state index contributed by atoms with van der Waals surface area (Å²) in [5.74, 6) is -3.14. The van der Waals surface area contributed by atoms with Crippen LogP contribution >= 0.6 is 0 Å². The van der Waals surface area contributed by atoms with E-state index >= 15 is 0 Å². The van der Waals surface area contributed by atoms with Gasteiger partial charge >= 0.3 is 0 Å². The highest BCUT2D eigenvalue weighted by atomic mass is 19.3. The van der Waals surface area contributed by atoms with Crippen LogP contribution in [0.1, 0.15) is 47.5 Å². The molecule has 0 saturated heterocycles. The average Bonchev–Trinajstić information content (AvgIpc) is 2.53. The molecule has 0 heterocycles. The van der Waals surface area contributed by atoms with Crippen molar-refractivity contribution in [2.45, 2.75) is 59.1 Å². The van der Waals surface area contributed by atoms with Gasteiger partial charge in [0.1, 0.15) is 0 Å². The number of hydrogen-bond acceptors (Lipinski definition) is 0. The lowest BCUT2D eigenvalue weighted by Crippen LogP contribution is -2.43. The maximum atomic E-state index is 13.4. The fraction of sp³-hybridized carbons (Fsp3) is 1.00. The van der Waals surface area contributed by atoms with Gasteiger partial charge in [-0.25, -0.2) is 13.2 Å². The van der Waals surface area contributed by atoms with Crippen molar-refractivity contribution in [3.63, 3.8) is 0 Å². The first-order valence-electron chi connectivity index (χ1n) is 5.23. The smallest absolute Gasteiger partial charge is 0.238 e. The van der Waals surface area contributed by atoms with Crippen LogP contribution in [0.15, 0.2) is 0 Å². The molecule has 84 valence electrons. The molecule has 2 aliphatic carbocycles. The first-order valence-corrected chi connectivity index (χ1v) is 5.23. The second-order valence-electron chi connectivity index (χ2n) is 5.02. The fourth-order valence-corrected chi connectivity index (χ4v) is 2.90. The molecular formula is C11H19F3. The largest absolute Gasteiger partial charge is 0.286 e. The molecule has 3 unspecified atom stereocenters. The van der Waals surface area contributed by atoms with Crippen LogP contribution in [0.3, 0.4) is 0 Å². The summed E-state index contributed by atoms with van der Waals surface area (Å²) in [6, 6.07) is 0. The van der Waals surface area contributed by atoms with Gasteiger partial charge in [0.15, 0.2) is 5.67 Å². The highest BCUT2D eigenvalue weighted by Gasteiger charge is 2.85. The lowest BCUT2D eigenvalue weighted by Gasteiger charge is -2.29. The maximum absolute atomic E-state index is 13.4. The molecule has 0 N–H and O–H groups in total. The van der Waals surface area contributed by atoms with E-state index < -0.39 is 22.4 Å². The summed E-state index contributed by atoms with van der Waals surface area (Å²) in [5.41, 5.74) is -3.84. The van der Waals surface area contributed by atoms with Crippen LogP contribution in [0.5, 0.6) is 0 Å². The Bertz CT molecular complexity index is 247. The molecule has 0 aromatic carbocycles. The van der Waals surface area contributed by atoms with E-state index in [4.69, 9.17) is 0 Å². The van der Waals surface area contributed by atoms with E-state index in [9.17, 15) is 13.2 Å².